The van der Waals surface area contributed by atoms with Crippen LogP contribution in [0.2, 0.25) is 0 Å². The molecular weight excluding hydrogens is 454 g/mol. The van der Waals surface area contributed by atoms with Crippen molar-refractivity contribution in [1.29, 1.82) is 0 Å². The molecule has 0 aliphatic rings. The molecule has 0 aliphatic heterocycles. The number of fused-ring (bicyclic) bond motifs is 1. The molecule has 0 spiro atoms. The normalized spacial score (nSPS) is 11.0. The quantitative estimate of drug-likeness (QED) is 0.324. The number of hydrogen-bond acceptors (Lipinski definition) is 6. The average molecular weight is 478 g/mol. The maximum Gasteiger partial charge on any atom is 0.332 e. The van der Waals surface area contributed by atoms with Gasteiger partial charge in [-0.15, -0.1) is 0 Å². The Labute approximate surface area is 199 Å². The van der Waals surface area contributed by atoms with Crippen molar-refractivity contribution in [2.24, 2.45) is 14.1 Å². The van der Waals surface area contributed by atoms with Gasteiger partial charge in [0.05, 0.1) is 12.3 Å². The first-order valence-corrected chi connectivity index (χ1v) is 11.5. The number of aromatic nitrogens is 4. The van der Waals surface area contributed by atoms with E-state index < -0.39 is 11.2 Å². The number of anilines is 1. The number of rotatable bonds is 7. The van der Waals surface area contributed by atoms with Gasteiger partial charge in [-0.25, -0.2) is 9.78 Å². The van der Waals surface area contributed by atoms with Crippen LogP contribution in [0.5, 0.6) is 0 Å². The Morgan fingerprint density at radius 3 is 2.44 bits per heavy atom. The maximum atomic E-state index is 13.0. The number of ketones is 1. The van der Waals surface area contributed by atoms with Crippen molar-refractivity contribution in [3.05, 3.63) is 86.6 Å². The molecule has 4 aromatic rings. The SMILES string of the molecule is CC(=O)c1cccc(NC(=O)CSc2nc3c(c(=O)n(C)c(=O)n3C)n2Cc2ccccc2)c1. The summed E-state index contributed by atoms with van der Waals surface area (Å²) in [6, 6.07) is 16.3. The fraction of sp³-hybridized carbons (Fsp3) is 0.208. The van der Waals surface area contributed by atoms with Crippen LogP contribution in [0.4, 0.5) is 5.69 Å². The summed E-state index contributed by atoms with van der Waals surface area (Å²) in [5, 5.41) is 3.23. The highest BCUT2D eigenvalue weighted by Gasteiger charge is 2.20. The van der Waals surface area contributed by atoms with Crippen LogP contribution in [0.3, 0.4) is 0 Å². The van der Waals surface area contributed by atoms with Crippen LogP contribution in [0, 0.1) is 0 Å². The van der Waals surface area contributed by atoms with Gasteiger partial charge in [0.15, 0.2) is 22.1 Å². The van der Waals surface area contributed by atoms with Gasteiger partial charge in [0, 0.05) is 25.3 Å². The summed E-state index contributed by atoms with van der Waals surface area (Å²) in [6.45, 7) is 1.82. The number of nitrogens with one attached hydrogen (secondary N) is 1. The second-order valence-corrected chi connectivity index (χ2v) is 8.76. The predicted octanol–water partition coefficient (Wildman–Crippen LogP) is 2.42. The molecule has 0 radical (unpaired) electrons. The highest BCUT2D eigenvalue weighted by atomic mass is 32.2. The maximum absolute atomic E-state index is 13.0. The number of carbonyl (C=O) groups is 2. The molecule has 0 saturated carbocycles. The van der Waals surface area contributed by atoms with Gasteiger partial charge in [-0.05, 0) is 24.6 Å². The number of hydrogen-bond donors (Lipinski definition) is 1. The van der Waals surface area contributed by atoms with Gasteiger partial charge in [0.25, 0.3) is 5.56 Å². The minimum absolute atomic E-state index is 0.0245. The Bertz CT molecular complexity index is 1520. The third-order valence-corrected chi connectivity index (χ3v) is 6.36. The second kappa shape index (κ2) is 9.52. The first-order chi connectivity index (χ1) is 16.3. The molecule has 2 aromatic carbocycles. The number of nitrogens with zero attached hydrogens (tertiary/aromatic N) is 4. The zero-order chi connectivity index (χ0) is 24.4. The van der Waals surface area contributed by atoms with Crippen LogP contribution in [-0.2, 0) is 25.4 Å². The standard InChI is InChI=1S/C24H23N5O4S/c1-15(30)17-10-7-11-18(12-17)25-19(31)14-34-23-26-21-20(22(32)28(3)24(33)27(21)2)29(23)13-16-8-5-4-6-9-16/h4-12H,13-14H2,1-3H3,(H,25,31). The highest BCUT2D eigenvalue weighted by Crippen LogP contribution is 2.23. The summed E-state index contributed by atoms with van der Waals surface area (Å²) in [7, 11) is 2.99. The predicted molar refractivity (Wildman–Crippen MR) is 132 cm³/mol. The molecule has 174 valence electrons. The monoisotopic (exact) mass is 477 g/mol. The van der Waals surface area contributed by atoms with Crippen molar-refractivity contribution >= 4 is 40.3 Å². The fourth-order valence-electron chi connectivity index (χ4n) is 3.59. The lowest BCUT2D eigenvalue weighted by Crippen LogP contribution is -2.37. The molecular formula is C24H23N5O4S. The van der Waals surface area contributed by atoms with E-state index in [4.69, 9.17) is 0 Å². The van der Waals surface area contributed by atoms with Crippen LogP contribution < -0.4 is 16.6 Å². The molecule has 1 N–H and O–H groups in total. The number of aryl methyl sites for hydroxylation is 1. The Morgan fingerprint density at radius 2 is 1.74 bits per heavy atom. The number of imidazole rings is 1. The van der Waals surface area contributed by atoms with Gasteiger partial charge in [0.2, 0.25) is 5.91 Å². The lowest BCUT2D eigenvalue weighted by Gasteiger charge is -2.10. The van der Waals surface area contributed by atoms with E-state index >= 15 is 0 Å². The fourth-order valence-corrected chi connectivity index (χ4v) is 4.39. The minimum Gasteiger partial charge on any atom is -0.325 e. The van der Waals surface area contributed by atoms with Crippen LogP contribution in [0.15, 0.2) is 69.3 Å². The van der Waals surface area contributed by atoms with E-state index in [-0.39, 0.29) is 23.1 Å². The van der Waals surface area contributed by atoms with Crippen molar-refractivity contribution in [3.63, 3.8) is 0 Å². The molecule has 0 aliphatic carbocycles. The van der Waals surface area contributed by atoms with E-state index in [1.54, 1.807) is 35.9 Å². The first-order valence-electron chi connectivity index (χ1n) is 10.5. The van der Waals surface area contributed by atoms with Crippen LogP contribution >= 0.6 is 11.8 Å². The molecule has 0 saturated heterocycles. The molecule has 0 bridgehead atoms. The summed E-state index contributed by atoms with van der Waals surface area (Å²) < 4.78 is 4.12. The van der Waals surface area contributed by atoms with Crippen LogP contribution in [0.1, 0.15) is 22.8 Å². The Kier molecular flexibility index (Phi) is 6.51. The van der Waals surface area contributed by atoms with Crippen LogP contribution in [0.25, 0.3) is 11.2 Å². The van der Waals surface area contributed by atoms with E-state index in [1.165, 1.54) is 30.3 Å². The van der Waals surface area contributed by atoms with E-state index in [1.807, 2.05) is 30.3 Å². The summed E-state index contributed by atoms with van der Waals surface area (Å²) in [5.41, 5.74) is 1.62. The molecule has 4 rings (SSSR count). The molecule has 9 nitrogen and oxygen atoms in total. The third kappa shape index (κ3) is 4.58. The number of thioether (sulfide) groups is 1. The number of amides is 1. The summed E-state index contributed by atoms with van der Waals surface area (Å²) in [6.07, 6.45) is 0. The Morgan fingerprint density at radius 1 is 1.00 bits per heavy atom. The topological polar surface area (TPSA) is 108 Å². The molecule has 10 heteroatoms. The molecule has 2 heterocycles. The zero-order valence-corrected chi connectivity index (χ0v) is 19.8. The van der Waals surface area contributed by atoms with E-state index in [0.717, 1.165) is 10.1 Å². The van der Waals surface area contributed by atoms with E-state index in [0.29, 0.717) is 28.5 Å². The Hall–Kier alpha value is -3.92. The van der Waals surface area contributed by atoms with Crippen LogP contribution in [-0.4, -0.2) is 36.1 Å². The third-order valence-electron chi connectivity index (χ3n) is 5.38. The van der Waals surface area contributed by atoms with E-state index in [2.05, 4.69) is 10.3 Å². The number of benzene rings is 2. The second-order valence-electron chi connectivity index (χ2n) is 7.82. The largest absolute Gasteiger partial charge is 0.332 e. The lowest BCUT2D eigenvalue weighted by atomic mass is 10.1. The molecule has 0 unspecified atom stereocenters. The minimum atomic E-state index is -0.471. The van der Waals surface area contributed by atoms with Crippen molar-refractivity contribution in [2.75, 3.05) is 11.1 Å². The molecule has 1 amide bonds. The summed E-state index contributed by atoms with van der Waals surface area (Å²) >= 11 is 1.17. The van der Waals surface area contributed by atoms with Crippen molar-refractivity contribution < 1.29 is 9.59 Å². The van der Waals surface area contributed by atoms with Gasteiger partial charge < -0.3 is 9.88 Å². The van der Waals surface area contributed by atoms with Crippen molar-refractivity contribution in [2.45, 2.75) is 18.6 Å². The van der Waals surface area contributed by atoms with Gasteiger partial charge in [0.1, 0.15) is 0 Å². The molecule has 34 heavy (non-hydrogen) atoms. The summed E-state index contributed by atoms with van der Waals surface area (Å²) in [4.78, 5) is 54.1. The highest BCUT2D eigenvalue weighted by molar-refractivity contribution is 7.99. The number of Topliss-reactive ketones (excluding diaryl/α,β-unsaturated/α-hetero) is 1. The van der Waals surface area contributed by atoms with Crippen molar-refractivity contribution in [1.82, 2.24) is 18.7 Å². The average Bonchev–Trinajstić information content (AvgIpc) is 3.19. The number of carbonyl (C=O) groups excluding carboxylic acids is 2. The Balaban J connectivity index is 1.66. The first kappa shape index (κ1) is 23.2. The molecule has 0 atom stereocenters. The zero-order valence-electron chi connectivity index (χ0n) is 18.9. The van der Waals surface area contributed by atoms with Gasteiger partial charge >= 0.3 is 5.69 Å². The summed E-state index contributed by atoms with van der Waals surface area (Å²) in [5.74, 6) is -0.352. The van der Waals surface area contributed by atoms with Crippen molar-refractivity contribution in [3.8, 4) is 0 Å². The van der Waals surface area contributed by atoms with Gasteiger partial charge in [-0.3, -0.25) is 23.5 Å². The molecule has 2 aromatic heterocycles. The van der Waals surface area contributed by atoms with E-state index in [9.17, 15) is 19.2 Å². The lowest BCUT2D eigenvalue weighted by molar-refractivity contribution is -0.113. The molecule has 0 fully saturated rings. The smallest absolute Gasteiger partial charge is 0.325 e. The van der Waals surface area contributed by atoms with Gasteiger partial charge in [-0.1, -0.05) is 54.2 Å². The van der Waals surface area contributed by atoms with Gasteiger partial charge in [-0.2, -0.15) is 0 Å².